The maximum Gasteiger partial charge on any atom is 0.231 e. The summed E-state index contributed by atoms with van der Waals surface area (Å²) in [5.41, 5.74) is 3.23. The number of nitrogens with zero attached hydrogens (tertiary/aromatic N) is 3. The molecule has 0 unspecified atom stereocenters. The fraction of sp³-hybridized carbons (Fsp3) is 0.435. The molecule has 0 saturated carbocycles. The highest BCUT2D eigenvalue weighted by Gasteiger charge is 2.26. The number of rotatable bonds is 6. The molecule has 2 heterocycles. The number of para-hydroxylation sites is 2. The Bertz CT molecular complexity index is 800. The van der Waals surface area contributed by atoms with E-state index in [1.165, 1.54) is 31.6 Å². The van der Waals surface area contributed by atoms with Crippen LogP contribution >= 0.6 is 0 Å². The van der Waals surface area contributed by atoms with Gasteiger partial charge in [-0.2, -0.15) is 0 Å². The van der Waals surface area contributed by atoms with Gasteiger partial charge in [0.1, 0.15) is 5.75 Å². The number of amides is 1. The Hall–Kier alpha value is -2.53. The molecule has 1 fully saturated rings. The van der Waals surface area contributed by atoms with Crippen molar-refractivity contribution >= 4 is 17.3 Å². The van der Waals surface area contributed by atoms with Crippen LogP contribution in [0.4, 0.5) is 11.4 Å². The number of ether oxygens (including phenoxy) is 1. The fourth-order valence-corrected chi connectivity index (χ4v) is 4.19. The van der Waals surface area contributed by atoms with Gasteiger partial charge in [-0.05, 0) is 55.8 Å². The van der Waals surface area contributed by atoms with Crippen LogP contribution in [0.25, 0.3) is 0 Å². The smallest absolute Gasteiger partial charge is 0.231 e. The lowest BCUT2D eigenvalue weighted by Crippen LogP contribution is -2.46. The third-order valence-corrected chi connectivity index (χ3v) is 5.81. The Morgan fingerprint density at radius 3 is 2.32 bits per heavy atom. The predicted molar refractivity (Wildman–Crippen MR) is 113 cm³/mol. The van der Waals surface area contributed by atoms with E-state index < -0.39 is 0 Å². The molecule has 0 atom stereocenters. The first kappa shape index (κ1) is 18.8. The first-order chi connectivity index (χ1) is 13.7. The second-order valence-electron chi connectivity index (χ2n) is 7.59. The third kappa shape index (κ3) is 4.14. The Labute approximate surface area is 167 Å². The Kier molecular flexibility index (Phi) is 5.81. The second kappa shape index (κ2) is 8.65. The van der Waals surface area contributed by atoms with Crippen LogP contribution < -0.4 is 14.5 Å². The average Bonchev–Trinajstić information content (AvgIpc) is 3.26. The summed E-state index contributed by atoms with van der Waals surface area (Å²) in [7, 11) is 1.65. The van der Waals surface area contributed by atoms with Crippen LogP contribution in [0, 0.1) is 0 Å². The number of hydrogen-bond donors (Lipinski definition) is 0. The molecule has 0 aliphatic carbocycles. The molecule has 2 aliphatic rings. The van der Waals surface area contributed by atoms with Crippen molar-refractivity contribution in [3.8, 4) is 5.75 Å². The highest BCUT2D eigenvalue weighted by atomic mass is 16.5. The quantitative estimate of drug-likeness (QED) is 0.772. The lowest BCUT2D eigenvalue weighted by molar-refractivity contribution is -0.118. The van der Waals surface area contributed by atoms with Crippen LogP contribution in [-0.4, -0.2) is 57.2 Å². The SMILES string of the molecule is COc1ccc(CC(=O)N2CCN(CCN3CCCC3)c3ccccc32)cc1. The number of methoxy groups -OCH3 is 1. The summed E-state index contributed by atoms with van der Waals surface area (Å²) in [5, 5.41) is 0. The van der Waals surface area contributed by atoms with E-state index in [4.69, 9.17) is 4.74 Å². The molecule has 0 aromatic heterocycles. The van der Waals surface area contributed by atoms with Gasteiger partial charge in [-0.15, -0.1) is 0 Å². The lowest BCUT2D eigenvalue weighted by Gasteiger charge is -2.38. The van der Waals surface area contributed by atoms with Crippen LogP contribution in [0.2, 0.25) is 0 Å². The van der Waals surface area contributed by atoms with Crippen molar-refractivity contribution in [2.24, 2.45) is 0 Å². The van der Waals surface area contributed by atoms with Crippen molar-refractivity contribution in [2.45, 2.75) is 19.3 Å². The van der Waals surface area contributed by atoms with Crippen LogP contribution in [0.3, 0.4) is 0 Å². The number of fused-ring (bicyclic) bond motifs is 1. The molecule has 5 nitrogen and oxygen atoms in total. The summed E-state index contributed by atoms with van der Waals surface area (Å²) in [4.78, 5) is 20.0. The molecule has 148 valence electrons. The minimum atomic E-state index is 0.150. The molecule has 0 N–H and O–H groups in total. The summed E-state index contributed by atoms with van der Waals surface area (Å²) in [6, 6.07) is 16.1. The highest BCUT2D eigenvalue weighted by Crippen LogP contribution is 2.33. The van der Waals surface area contributed by atoms with Gasteiger partial charge in [-0.3, -0.25) is 4.79 Å². The van der Waals surface area contributed by atoms with E-state index in [2.05, 4.69) is 28.0 Å². The predicted octanol–water partition coefficient (Wildman–Crippen LogP) is 3.19. The minimum Gasteiger partial charge on any atom is -0.497 e. The van der Waals surface area contributed by atoms with Crippen LogP contribution in [0.1, 0.15) is 18.4 Å². The number of carbonyl (C=O) groups is 1. The van der Waals surface area contributed by atoms with Gasteiger partial charge in [0.15, 0.2) is 0 Å². The molecule has 1 amide bonds. The van der Waals surface area contributed by atoms with Gasteiger partial charge >= 0.3 is 0 Å². The molecule has 4 rings (SSSR count). The zero-order valence-corrected chi connectivity index (χ0v) is 16.6. The van der Waals surface area contributed by atoms with Crippen molar-refractivity contribution in [3.05, 3.63) is 54.1 Å². The molecule has 0 bridgehead atoms. The van der Waals surface area contributed by atoms with Gasteiger partial charge in [0.05, 0.1) is 24.9 Å². The van der Waals surface area contributed by atoms with Crippen molar-refractivity contribution in [2.75, 3.05) is 56.2 Å². The summed E-state index contributed by atoms with van der Waals surface area (Å²) >= 11 is 0. The molecule has 0 radical (unpaired) electrons. The van der Waals surface area contributed by atoms with Gasteiger partial charge < -0.3 is 19.4 Å². The largest absolute Gasteiger partial charge is 0.497 e. The van der Waals surface area contributed by atoms with E-state index in [0.29, 0.717) is 6.42 Å². The van der Waals surface area contributed by atoms with Crippen LogP contribution in [-0.2, 0) is 11.2 Å². The first-order valence-electron chi connectivity index (χ1n) is 10.2. The number of benzene rings is 2. The van der Waals surface area contributed by atoms with E-state index in [1.54, 1.807) is 7.11 Å². The van der Waals surface area contributed by atoms with Crippen molar-refractivity contribution in [1.82, 2.24) is 4.90 Å². The fourth-order valence-electron chi connectivity index (χ4n) is 4.19. The minimum absolute atomic E-state index is 0.150. The molecule has 5 heteroatoms. The van der Waals surface area contributed by atoms with E-state index >= 15 is 0 Å². The van der Waals surface area contributed by atoms with Gasteiger partial charge in [-0.25, -0.2) is 0 Å². The zero-order valence-electron chi connectivity index (χ0n) is 16.6. The van der Waals surface area contributed by atoms with Crippen LogP contribution in [0.15, 0.2) is 48.5 Å². The summed E-state index contributed by atoms with van der Waals surface area (Å²) < 4.78 is 5.20. The number of hydrogen-bond acceptors (Lipinski definition) is 4. The van der Waals surface area contributed by atoms with Gasteiger partial charge in [0, 0.05) is 26.2 Å². The molecule has 2 aromatic rings. The maximum absolute atomic E-state index is 13.0. The van der Waals surface area contributed by atoms with Gasteiger partial charge in [-0.1, -0.05) is 24.3 Å². The van der Waals surface area contributed by atoms with Gasteiger partial charge in [0.25, 0.3) is 0 Å². The maximum atomic E-state index is 13.0. The average molecular weight is 380 g/mol. The Morgan fingerprint density at radius 1 is 0.893 bits per heavy atom. The topological polar surface area (TPSA) is 36.0 Å². The normalized spacial score (nSPS) is 16.9. The van der Waals surface area contributed by atoms with E-state index in [-0.39, 0.29) is 5.91 Å². The lowest BCUT2D eigenvalue weighted by atomic mass is 10.1. The summed E-state index contributed by atoms with van der Waals surface area (Å²) in [5.74, 6) is 0.963. The number of carbonyl (C=O) groups excluding carboxylic acids is 1. The van der Waals surface area contributed by atoms with E-state index in [0.717, 1.165) is 43.2 Å². The van der Waals surface area contributed by atoms with Crippen molar-refractivity contribution < 1.29 is 9.53 Å². The molecule has 2 aliphatic heterocycles. The molecule has 2 aromatic carbocycles. The van der Waals surface area contributed by atoms with E-state index in [1.807, 2.05) is 35.2 Å². The van der Waals surface area contributed by atoms with E-state index in [9.17, 15) is 4.79 Å². The number of anilines is 2. The Balaban J connectivity index is 1.45. The Morgan fingerprint density at radius 2 is 1.61 bits per heavy atom. The molecular formula is C23H29N3O2. The van der Waals surface area contributed by atoms with Gasteiger partial charge in [0.2, 0.25) is 5.91 Å². The molecule has 0 spiro atoms. The first-order valence-corrected chi connectivity index (χ1v) is 10.2. The van der Waals surface area contributed by atoms with Crippen molar-refractivity contribution in [3.63, 3.8) is 0 Å². The molecule has 1 saturated heterocycles. The zero-order chi connectivity index (χ0) is 19.3. The molecular weight excluding hydrogens is 350 g/mol. The highest BCUT2D eigenvalue weighted by molar-refractivity contribution is 5.99. The summed E-state index contributed by atoms with van der Waals surface area (Å²) in [6.45, 7) is 6.21. The standard InChI is InChI=1S/C23H29N3O2/c1-28-20-10-8-19(9-11-20)18-23(27)26-17-16-25(15-14-24-12-4-5-13-24)21-6-2-3-7-22(21)26/h2-3,6-11H,4-5,12-18H2,1H3. The van der Waals surface area contributed by atoms with Crippen molar-refractivity contribution in [1.29, 1.82) is 0 Å². The molecule has 28 heavy (non-hydrogen) atoms. The summed E-state index contributed by atoms with van der Waals surface area (Å²) in [6.07, 6.45) is 3.06. The monoisotopic (exact) mass is 379 g/mol. The van der Waals surface area contributed by atoms with Crippen LogP contribution in [0.5, 0.6) is 5.75 Å². The number of likely N-dealkylation sites (tertiary alicyclic amines) is 1. The second-order valence-corrected chi connectivity index (χ2v) is 7.59. The third-order valence-electron chi connectivity index (χ3n) is 5.81.